The zero-order valence-electron chi connectivity index (χ0n) is 44.4. The van der Waals surface area contributed by atoms with Gasteiger partial charge in [0.25, 0.3) is 11.8 Å². The number of carbonyl (C=O) groups is 3. The van der Waals surface area contributed by atoms with Crippen molar-refractivity contribution in [2.45, 2.75) is 77.7 Å². The molecule has 5 N–H and O–H groups in total. The largest absolute Gasteiger partial charge is 0.444 e. The van der Waals surface area contributed by atoms with E-state index in [4.69, 9.17) is 19.9 Å². The number of carbonyl (C=O) groups excluding carboxylic acids is 3. The Bertz CT molecular complexity index is 3180. The average Bonchev–Trinajstić information content (AvgIpc) is 3.40. The van der Waals surface area contributed by atoms with Gasteiger partial charge < -0.3 is 45.7 Å². The molecule has 20 heteroatoms. The third kappa shape index (κ3) is 13.1. The Balaban J connectivity index is 0.000000195. The first kappa shape index (κ1) is 56.2. The minimum absolute atomic E-state index is 0.0190. The zero-order chi connectivity index (χ0) is 56.5. The van der Waals surface area contributed by atoms with Gasteiger partial charge in [0.2, 0.25) is 0 Å². The molecule has 4 aliphatic rings. The van der Waals surface area contributed by atoms with Gasteiger partial charge in [-0.2, -0.15) is 26.3 Å². The van der Waals surface area contributed by atoms with E-state index in [-0.39, 0.29) is 47.8 Å². The number of benzene rings is 4. The highest BCUT2D eigenvalue weighted by molar-refractivity contribution is 5.94. The number of ether oxygens (including phenoxy) is 3. The monoisotopic (exact) mass is 1090 g/mol. The van der Waals surface area contributed by atoms with Gasteiger partial charge in [0, 0.05) is 63.0 Å². The predicted octanol–water partition coefficient (Wildman–Crippen LogP) is 10.7. The van der Waals surface area contributed by atoms with Crippen LogP contribution in [0.15, 0.2) is 122 Å². The van der Waals surface area contributed by atoms with Gasteiger partial charge in [-0.3, -0.25) is 19.6 Å². The molecule has 0 saturated carbocycles. The van der Waals surface area contributed by atoms with Crippen LogP contribution in [0.25, 0.3) is 22.3 Å². The van der Waals surface area contributed by atoms with Crippen LogP contribution in [0.3, 0.4) is 0 Å². The number of nitrogens with two attached hydrogens (primary N) is 1. The second-order valence-electron chi connectivity index (χ2n) is 21.9. The molecule has 416 valence electrons. The molecule has 2 aromatic heterocycles. The van der Waals surface area contributed by atoms with Crippen LogP contribution in [-0.2, 0) is 39.7 Å². The first-order valence-corrected chi connectivity index (χ1v) is 25.9. The third-order valence-corrected chi connectivity index (χ3v) is 14.5. The van der Waals surface area contributed by atoms with Crippen LogP contribution in [0.5, 0.6) is 0 Å². The van der Waals surface area contributed by atoms with Crippen LogP contribution in [0.1, 0.15) is 101 Å². The lowest BCUT2D eigenvalue weighted by Crippen LogP contribution is -2.66. The summed E-state index contributed by atoms with van der Waals surface area (Å²) in [5.41, 5.74) is 11.2. The fourth-order valence-corrected chi connectivity index (χ4v) is 9.99. The molecule has 10 rings (SSSR count). The van der Waals surface area contributed by atoms with Gasteiger partial charge in [0.05, 0.1) is 60.5 Å². The molecule has 0 aliphatic carbocycles. The van der Waals surface area contributed by atoms with E-state index < -0.39 is 35.2 Å². The van der Waals surface area contributed by atoms with Crippen molar-refractivity contribution in [3.8, 4) is 22.3 Å². The maximum atomic E-state index is 13.5. The lowest BCUT2D eigenvalue weighted by molar-refractivity contribution is -0.138. The van der Waals surface area contributed by atoms with E-state index in [0.29, 0.717) is 44.8 Å². The summed E-state index contributed by atoms with van der Waals surface area (Å²) < 4.78 is 96.2. The highest BCUT2D eigenvalue weighted by Gasteiger charge is 2.50. The standard InChI is InChI=1S/C32H35F3N4O4.C27H27F3N4O2/c1-20(38-28(40)27-14-25(11-12-36-27)39-16-31(17-39)18-42-19-31)21-5-7-22(8-6-21)26-13-24(32(33,34)35)10-9-23(26)15-37-29(41)43-30(2,3)4;1-17(33-25(35)24-11-22(8-9-32-24)34-13-26(14-34)15-36-16-26)18-2-4-19(5-3-18)23-10-21(27(28,29)30)7-6-20(23)12-31/h5-14,20H,15-19H2,1-4H3,(H,37,41)(H,38,40);2-11,17H,12-16,31H2,1H3,(H,33,35)/t20-;17-/m11/s1. The molecule has 0 bridgehead atoms. The summed E-state index contributed by atoms with van der Waals surface area (Å²) in [5, 5.41) is 8.52. The number of pyridine rings is 2. The molecule has 6 aromatic rings. The zero-order valence-corrected chi connectivity index (χ0v) is 44.4. The lowest BCUT2D eigenvalue weighted by Gasteiger charge is -2.56. The van der Waals surface area contributed by atoms with Crippen LogP contribution in [0.4, 0.5) is 42.5 Å². The summed E-state index contributed by atoms with van der Waals surface area (Å²) in [7, 11) is 0. The molecule has 4 saturated heterocycles. The number of nitrogens with zero attached hydrogens (tertiary/aromatic N) is 4. The smallest absolute Gasteiger partial charge is 0.416 e. The van der Waals surface area contributed by atoms with Gasteiger partial charge in [0.15, 0.2) is 0 Å². The summed E-state index contributed by atoms with van der Waals surface area (Å²) in [6, 6.07) is 27.6. The number of alkyl halides is 6. The Hall–Kier alpha value is -7.55. The van der Waals surface area contributed by atoms with E-state index in [1.165, 1.54) is 12.1 Å². The second kappa shape index (κ2) is 22.3. The molecule has 14 nitrogen and oxygen atoms in total. The van der Waals surface area contributed by atoms with Gasteiger partial charge in [-0.1, -0.05) is 60.7 Å². The van der Waals surface area contributed by atoms with E-state index in [0.717, 1.165) is 99.4 Å². The Morgan fingerprint density at radius 3 is 1.38 bits per heavy atom. The minimum Gasteiger partial charge on any atom is -0.444 e. The van der Waals surface area contributed by atoms with E-state index in [9.17, 15) is 40.7 Å². The Morgan fingerprint density at radius 2 is 1.01 bits per heavy atom. The maximum Gasteiger partial charge on any atom is 0.416 e. The molecule has 79 heavy (non-hydrogen) atoms. The van der Waals surface area contributed by atoms with Crippen molar-refractivity contribution in [1.29, 1.82) is 0 Å². The molecule has 4 aliphatic heterocycles. The van der Waals surface area contributed by atoms with Gasteiger partial charge in [0.1, 0.15) is 17.0 Å². The molecule has 0 unspecified atom stereocenters. The molecule has 3 amide bonds. The minimum atomic E-state index is -4.53. The van der Waals surface area contributed by atoms with Crippen molar-refractivity contribution in [3.63, 3.8) is 0 Å². The number of hydrogen-bond donors (Lipinski definition) is 4. The van der Waals surface area contributed by atoms with Crippen molar-refractivity contribution >= 4 is 29.3 Å². The summed E-state index contributed by atoms with van der Waals surface area (Å²) in [5.74, 6) is -0.618. The molecular formula is C59H62F6N8O6. The molecule has 4 aromatic carbocycles. The van der Waals surface area contributed by atoms with Crippen LogP contribution in [0.2, 0.25) is 0 Å². The highest BCUT2D eigenvalue weighted by atomic mass is 19.4. The molecule has 2 spiro atoms. The van der Waals surface area contributed by atoms with Crippen LogP contribution < -0.4 is 31.5 Å². The first-order chi connectivity index (χ1) is 37.4. The molecule has 0 radical (unpaired) electrons. The summed E-state index contributed by atoms with van der Waals surface area (Å²) in [6.45, 7) is 15.7. The molecule has 2 atom stereocenters. The lowest BCUT2D eigenvalue weighted by atomic mass is 9.78. The van der Waals surface area contributed by atoms with Gasteiger partial charge in [-0.05, 0) is 128 Å². The topological polar surface area (TPSA) is 173 Å². The molecule has 6 heterocycles. The number of amides is 3. The van der Waals surface area contributed by atoms with Crippen LogP contribution in [0, 0.1) is 10.8 Å². The number of anilines is 2. The van der Waals surface area contributed by atoms with Crippen molar-refractivity contribution in [3.05, 3.63) is 166 Å². The van der Waals surface area contributed by atoms with E-state index >= 15 is 0 Å². The summed E-state index contributed by atoms with van der Waals surface area (Å²) in [4.78, 5) is 51.0. The fourth-order valence-electron chi connectivity index (χ4n) is 9.99. The normalized spacial score (nSPS) is 16.9. The van der Waals surface area contributed by atoms with Gasteiger partial charge in [-0.15, -0.1) is 0 Å². The van der Waals surface area contributed by atoms with Crippen LogP contribution in [-0.4, -0.2) is 86.1 Å². The Morgan fingerprint density at radius 1 is 0.608 bits per heavy atom. The number of halogens is 6. The summed E-state index contributed by atoms with van der Waals surface area (Å²) >= 11 is 0. The Kier molecular flexibility index (Phi) is 15.9. The second-order valence-corrected chi connectivity index (χ2v) is 21.9. The van der Waals surface area contributed by atoms with E-state index in [1.54, 1.807) is 93.8 Å². The number of alkyl carbamates (subject to hydrolysis) is 1. The fraction of sp³-hybridized carbons (Fsp3) is 0.373. The van der Waals surface area contributed by atoms with Crippen molar-refractivity contribution in [2.24, 2.45) is 16.6 Å². The Labute approximate surface area is 454 Å². The molecular weight excluding hydrogens is 1030 g/mol. The van der Waals surface area contributed by atoms with E-state index in [2.05, 4.69) is 35.7 Å². The number of nitrogens with one attached hydrogen (secondary N) is 3. The average molecular weight is 1090 g/mol. The summed E-state index contributed by atoms with van der Waals surface area (Å²) in [6.07, 6.45) is -6.38. The van der Waals surface area contributed by atoms with E-state index in [1.807, 2.05) is 26.0 Å². The highest BCUT2D eigenvalue weighted by Crippen LogP contribution is 2.42. The van der Waals surface area contributed by atoms with Crippen molar-refractivity contribution in [1.82, 2.24) is 25.9 Å². The van der Waals surface area contributed by atoms with Gasteiger partial charge >= 0.3 is 18.4 Å². The van der Waals surface area contributed by atoms with Crippen molar-refractivity contribution in [2.75, 3.05) is 62.4 Å². The third-order valence-electron chi connectivity index (χ3n) is 14.5. The van der Waals surface area contributed by atoms with Gasteiger partial charge in [-0.25, -0.2) is 4.79 Å². The maximum absolute atomic E-state index is 13.5. The number of hydrogen-bond acceptors (Lipinski definition) is 11. The molecule has 4 fully saturated rings. The number of aromatic nitrogens is 2. The van der Waals surface area contributed by atoms with Crippen molar-refractivity contribution < 1.29 is 54.9 Å². The SMILES string of the molecule is C[C@@H](NC(=O)c1cc(N2CC3(COC3)C2)ccn1)c1ccc(-c2cc(C(F)(F)F)ccc2CN)cc1.C[C@@H](NC(=O)c1cc(N2CC3(COC3)C2)ccn1)c1ccc(-c2cc(C(F)(F)F)ccc2CNC(=O)OC(C)(C)C)cc1. The van der Waals surface area contributed by atoms with Crippen LogP contribution >= 0.6 is 0 Å². The quantitative estimate of drug-likeness (QED) is 0.0811. The number of rotatable bonds is 13. The first-order valence-electron chi connectivity index (χ1n) is 25.9. The predicted molar refractivity (Wildman–Crippen MR) is 286 cm³/mol.